The molecule has 0 unspecified atom stereocenters. The number of methoxy groups -OCH3 is 1. The Morgan fingerprint density at radius 2 is 1.89 bits per heavy atom. The zero-order valence-corrected chi connectivity index (χ0v) is 16.8. The second-order valence-electron chi connectivity index (χ2n) is 6.60. The predicted octanol–water partition coefficient (Wildman–Crippen LogP) is 5.16. The van der Waals surface area contributed by atoms with E-state index in [2.05, 4.69) is 13.8 Å². The number of hydrogen-bond acceptors (Lipinski definition) is 5. The molecule has 0 saturated heterocycles. The summed E-state index contributed by atoms with van der Waals surface area (Å²) in [6.07, 6.45) is 1.82. The fraction of sp³-hybridized carbons (Fsp3) is 0.182. The molecule has 28 heavy (non-hydrogen) atoms. The van der Waals surface area contributed by atoms with Crippen LogP contribution >= 0.6 is 11.3 Å². The van der Waals surface area contributed by atoms with Gasteiger partial charge in [-0.05, 0) is 55.8 Å². The van der Waals surface area contributed by atoms with Crippen LogP contribution in [0.1, 0.15) is 19.4 Å². The van der Waals surface area contributed by atoms with Crippen LogP contribution in [-0.4, -0.2) is 24.0 Å². The SMILES string of the molecule is COc1ccc(C=Nn2c(-c3cc4ccccc4o3)csc2=NC(C)C)cc1. The highest BCUT2D eigenvalue weighted by molar-refractivity contribution is 7.07. The van der Waals surface area contributed by atoms with E-state index in [1.165, 1.54) is 0 Å². The van der Waals surface area contributed by atoms with Crippen LogP contribution in [0.2, 0.25) is 0 Å². The first-order chi connectivity index (χ1) is 13.6. The van der Waals surface area contributed by atoms with Gasteiger partial charge in [0.2, 0.25) is 4.80 Å². The largest absolute Gasteiger partial charge is 0.497 e. The first-order valence-corrected chi connectivity index (χ1v) is 9.94. The Labute approximate surface area is 167 Å². The quantitative estimate of drug-likeness (QED) is 0.441. The van der Waals surface area contributed by atoms with Crippen LogP contribution in [-0.2, 0) is 0 Å². The van der Waals surface area contributed by atoms with Gasteiger partial charge in [-0.1, -0.05) is 18.2 Å². The van der Waals surface area contributed by atoms with Gasteiger partial charge in [0.1, 0.15) is 17.0 Å². The molecule has 0 fully saturated rings. The molecule has 0 aliphatic rings. The minimum atomic E-state index is 0.171. The number of benzene rings is 2. The summed E-state index contributed by atoms with van der Waals surface area (Å²) in [7, 11) is 1.66. The summed E-state index contributed by atoms with van der Waals surface area (Å²) in [5.74, 6) is 1.59. The molecule has 0 amide bonds. The summed E-state index contributed by atoms with van der Waals surface area (Å²) in [5, 5.41) is 7.80. The van der Waals surface area contributed by atoms with Crippen molar-refractivity contribution in [2.24, 2.45) is 10.1 Å². The van der Waals surface area contributed by atoms with Gasteiger partial charge in [0.25, 0.3) is 0 Å². The van der Waals surface area contributed by atoms with Crippen molar-refractivity contribution >= 4 is 28.5 Å². The lowest BCUT2D eigenvalue weighted by molar-refractivity contribution is 0.415. The van der Waals surface area contributed by atoms with Crippen LogP contribution < -0.4 is 9.54 Å². The highest BCUT2D eigenvalue weighted by Crippen LogP contribution is 2.28. The molecular formula is C22H21N3O2S. The van der Waals surface area contributed by atoms with Crippen LogP contribution in [0.5, 0.6) is 5.75 Å². The zero-order valence-electron chi connectivity index (χ0n) is 16.0. The number of ether oxygens (including phenoxy) is 1. The van der Waals surface area contributed by atoms with E-state index in [-0.39, 0.29) is 6.04 Å². The Morgan fingerprint density at radius 1 is 1.11 bits per heavy atom. The molecule has 0 saturated carbocycles. The van der Waals surface area contributed by atoms with Gasteiger partial charge in [0.15, 0.2) is 5.76 Å². The van der Waals surface area contributed by atoms with Crippen molar-refractivity contribution in [3.05, 3.63) is 70.3 Å². The summed E-state index contributed by atoms with van der Waals surface area (Å²) in [6, 6.07) is 18.0. The molecule has 0 aliphatic carbocycles. The van der Waals surface area contributed by atoms with Gasteiger partial charge >= 0.3 is 0 Å². The zero-order chi connectivity index (χ0) is 19.5. The smallest absolute Gasteiger partial charge is 0.206 e. The molecule has 0 atom stereocenters. The van der Waals surface area contributed by atoms with Gasteiger partial charge in [-0.25, -0.2) is 4.68 Å². The molecule has 2 heterocycles. The Kier molecular flexibility index (Phi) is 5.12. The van der Waals surface area contributed by atoms with Crippen molar-refractivity contribution in [1.82, 2.24) is 4.68 Å². The van der Waals surface area contributed by atoms with Crippen molar-refractivity contribution < 1.29 is 9.15 Å². The molecule has 5 nitrogen and oxygen atoms in total. The Bertz CT molecular complexity index is 1150. The fourth-order valence-electron chi connectivity index (χ4n) is 2.81. The van der Waals surface area contributed by atoms with Crippen LogP contribution in [0.15, 0.2) is 74.5 Å². The molecule has 142 valence electrons. The molecular weight excluding hydrogens is 370 g/mol. The van der Waals surface area contributed by atoms with Crippen molar-refractivity contribution in [2.75, 3.05) is 7.11 Å². The highest BCUT2D eigenvalue weighted by Gasteiger charge is 2.13. The average molecular weight is 391 g/mol. The van der Waals surface area contributed by atoms with Crippen molar-refractivity contribution in [1.29, 1.82) is 0 Å². The normalized spacial score (nSPS) is 12.5. The third-order valence-electron chi connectivity index (χ3n) is 4.17. The summed E-state index contributed by atoms with van der Waals surface area (Å²) >= 11 is 1.55. The molecule has 4 rings (SSSR count). The van der Waals surface area contributed by atoms with Gasteiger partial charge in [-0.15, -0.1) is 11.3 Å². The number of thiazole rings is 1. The molecule has 6 heteroatoms. The van der Waals surface area contributed by atoms with Crippen molar-refractivity contribution in [2.45, 2.75) is 19.9 Å². The number of aromatic nitrogens is 1. The van der Waals surface area contributed by atoms with Gasteiger partial charge in [0.05, 0.1) is 13.3 Å². The molecule has 0 spiro atoms. The van der Waals surface area contributed by atoms with Crippen LogP contribution in [0.3, 0.4) is 0 Å². The number of fused-ring (bicyclic) bond motifs is 1. The number of para-hydroxylation sites is 1. The summed E-state index contributed by atoms with van der Waals surface area (Å²) in [4.78, 5) is 5.53. The molecule has 4 aromatic rings. The molecule has 0 radical (unpaired) electrons. The lowest BCUT2D eigenvalue weighted by atomic mass is 10.2. The van der Waals surface area contributed by atoms with E-state index in [1.807, 2.05) is 70.9 Å². The third kappa shape index (κ3) is 3.77. The van der Waals surface area contributed by atoms with Crippen LogP contribution in [0, 0.1) is 0 Å². The number of nitrogens with zero attached hydrogens (tertiary/aromatic N) is 3. The van der Waals surface area contributed by atoms with E-state index in [9.17, 15) is 0 Å². The molecule has 0 N–H and O–H groups in total. The first kappa shape index (κ1) is 18.3. The van der Waals surface area contributed by atoms with Crippen molar-refractivity contribution in [3.8, 4) is 17.2 Å². The maximum Gasteiger partial charge on any atom is 0.206 e. The summed E-state index contributed by atoms with van der Waals surface area (Å²) < 4.78 is 13.1. The van der Waals surface area contributed by atoms with E-state index in [0.717, 1.165) is 38.5 Å². The fourth-order valence-corrected chi connectivity index (χ4v) is 3.76. The lowest BCUT2D eigenvalue weighted by Gasteiger charge is -2.02. The van der Waals surface area contributed by atoms with Crippen LogP contribution in [0.4, 0.5) is 0 Å². The van der Waals surface area contributed by atoms with E-state index >= 15 is 0 Å². The monoisotopic (exact) mass is 391 g/mol. The molecule has 0 bridgehead atoms. The standard InChI is InChI=1S/C22H21N3O2S/c1-15(2)24-22-25(23-13-16-8-10-18(26-3)11-9-16)19(14-28-22)21-12-17-6-4-5-7-20(17)27-21/h4-15H,1-3H3. The number of hydrogen-bond donors (Lipinski definition) is 0. The highest BCUT2D eigenvalue weighted by atomic mass is 32.1. The van der Waals surface area contributed by atoms with E-state index < -0.39 is 0 Å². The number of rotatable bonds is 5. The minimum Gasteiger partial charge on any atom is -0.497 e. The maximum atomic E-state index is 6.05. The van der Waals surface area contributed by atoms with Gasteiger partial charge in [-0.2, -0.15) is 5.10 Å². The Hall–Kier alpha value is -3.12. The number of furan rings is 1. The minimum absolute atomic E-state index is 0.171. The maximum absolute atomic E-state index is 6.05. The lowest BCUT2D eigenvalue weighted by Crippen LogP contribution is -2.14. The first-order valence-electron chi connectivity index (χ1n) is 9.06. The topological polar surface area (TPSA) is 52.0 Å². The van der Waals surface area contributed by atoms with E-state index in [1.54, 1.807) is 18.4 Å². The van der Waals surface area contributed by atoms with Gasteiger partial charge in [0, 0.05) is 16.8 Å². The second-order valence-corrected chi connectivity index (χ2v) is 7.44. The molecule has 2 aromatic carbocycles. The summed E-state index contributed by atoms with van der Waals surface area (Å²) in [5.41, 5.74) is 2.72. The third-order valence-corrected chi connectivity index (χ3v) is 5.00. The molecule has 0 aliphatic heterocycles. The molecule has 2 aromatic heterocycles. The van der Waals surface area contributed by atoms with E-state index in [0.29, 0.717) is 0 Å². The van der Waals surface area contributed by atoms with Gasteiger partial charge in [-0.3, -0.25) is 4.99 Å². The Balaban J connectivity index is 1.79. The predicted molar refractivity (Wildman–Crippen MR) is 114 cm³/mol. The second kappa shape index (κ2) is 7.86. The average Bonchev–Trinajstić information content (AvgIpc) is 3.30. The summed E-state index contributed by atoms with van der Waals surface area (Å²) in [6.45, 7) is 4.11. The van der Waals surface area contributed by atoms with E-state index in [4.69, 9.17) is 19.2 Å². The van der Waals surface area contributed by atoms with Crippen molar-refractivity contribution in [3.63, 3.8) is 0 Å². The van der Waals surface area contributed by atoms with Crippen LogP contribution in [0.25, 0.3) is 22.4 Å². The Morgan fingerprint density at radius 3 is 2.61 bits per heavy atom. The van der Waals surface area contributed by atoms with Gasteiger partial charge < -0.3 is 9.15 Å².